The van der Waals surface area contributed by atoms with Gasteiger partial charge in [0.1, 0.15) is 6.04 Å². The molecule has 8 nitrogen and oxygen atoms in total. The molecule has 10 heteroatoms. The predicted molar refractivity (Wildman–Crippen MR) is 142 cm³/mol. The number of nitrogens with zero attached hydrogens (tertiary/aromatic N) is 2. The number of likely N-dealkylation sites (tertiary alicyclic amines) is 1. The molecule has 4 rings (SSSR count). The molecule has 2 aromatic rings. The van der Waals surface area contributed by atoms with Crippen LogP contribution >= 0.6 is 11.6 Å². The first kappa shape index (κ1) is 26.4. The molecule has 0 unspecified atom stereocenters. The lowest BCUT2D eigenvalue weighted by Gasteiger charge is -2.37. The fourth-order valence-corrected chi connectivity index (χ4v) is 7.03. The Labute approximate surface area is 218 Å². The highest BCUT2D eigenvalue weighted by atomic mass is 35.5. The Morgan fingerprint density at radius 2 is 1.83 bits per heavy atom. The van der Waals surface area contributed by atoms with Gasteiger partial charge in [-0.2, -0.15) is 0 Å². The van der Waals surface area contributed by atoms with E-state index in [4.69, 9.17) is 11.6 Å². The third kappa shape index (κ3) is 5.53. The van der Waals surface area contributed by atoms with Gasteiger partial charge in [0, 0.05) is 11.6 Å². The summed E-state index contributed by atoms with van der Waals surface area (Å²) in [5, 5.41) is 6.13. The number of hydrogen-bond donors (Lipinski definition) is 2. The SMILES string of the molecule is Cc1cc(S(=O)(=O)N2c3ccccc3NC(=O)[C@H]2CC(=O)NCCC2CCN(C)CC2)c(C)cc1Cl. The molecule has 2 aliphatic rings. The standard InChI is InChI=1S/C26H33ClN4O4S/c1-17-15-24(18(2)14-20(17)27)36(34,35)31-22-7-5-4-6-21(22)29-26(33)23(31)16-25(32)28-11-8-19-9-12-30(3)13-10-19/h4-7,14-15,19,23H,8-13,16H2,1-3H3,(H,28,32)(H,29,33)/t23-/m1/s1. The van der Waals surface area contributed by atoms with E-state index in [0.717, 1.165) is 36.7 Å². The van der Waals surface area contributed by atoms with Crippen LogP contribution < -0.4 is 14.9 Å². The van der Waals surface area contributed by atoms with E-state index in [0.29, 0.717) is 40.0 Å². The lowest BCUT2D eigenvalue weighted by Crippen LogP contribution is -2.53. The second kappa shape index (κ2) is 10.8. The molecule has 0 saturated carbocycles. The summed E-state index contributed by atoms with van der Waals surface area (Å²) >= 11 is 6.21. The summed E-state index contributed by atoms with van der Waals surface area (Å²) in [4.78, 5) is 28.4. The van der Waals surface area contributed by atoms with Gasteiger partial charge in [-0.25, -0.2) is 8.42 Å². The van der Waals surface area contributed by atoms with Crippen molar-refractivity contribution in [3.63, 3.8) is 0 Å². The molecule has 0 aliphatic carbocycles. The molecule has 1 atom stereocenters. The molecule has 2 heterocycles. The van der Waals surface area contributed by atoms with E-state index in [2.05, 4.69) is 22.6 Å². The van der Waals surface area contributed by atoms with Gasteiger partial charge in [-0.05, 0) is 94.6 Å². The van der Waals surface area contributed by atoms with Crippen molar-refractivity contribution in [2.24, 2.45) is 5.92 Å². The normalized spacial score (nSPS) is 19.1. The Hall–Kier alpha value is -2.62. The minimum atomic E-state index is -4.19. The van der Waals surface area contributed by atoms with E-state index in [-0.39, 0.29) is 17.2 Å². The minimum Gasteiger partial charge on any atom is -0.356 e. The molecule has 0 aromatic heterocycles. The first-order valence-corrected chi connectivity index (χ1v) is 14.1. The Morgan fingerprint density at radius 3 is 2.56 bits per heavy atom. The number of carbonyl (C=O) groups excluding carboxylic acids is 2. The van der Waals surface area contributed by atoms with Crippen LogP contribution in [0, 0.1) is 19.8 Å². The zero-order valence-electron chi connectivity index (χ0n) is 20.9. The molecule has 2 aromatic carbocycles. The first-order chi connectivity index (χ1) is 17.1. The number of benzene rings is 2. The minimum absolute atomic E-state index is 0.0570. The lowest BCUT2D eigenvalue weighted by atomic mass is 9.94. The first-order valence-electron chi connectivity index (χ1n) is 12.2. The highest BCUT2D eigenvalue weighted by molar-refractivity contribution is 7.93. The van der Waals surface area contributed by atoms with E-state index >= 15 is 0 Å². The average molecular weight is 533 g/mol. The number of piperidine rings is 1. The van der Waals surface area contributed by atoms with Gasteiger partial charge in [0.15, 0.2) is 0 Å². The van der Waals surface area contributed by atoms with E-state index in [1.807, 2.05) is 0 Å². The third-order valence-corrected chi connectivity index (χ3v) is 9.44. The van der Waals surface area contributed by atoms with Gasteiger partial charge in [-0.15, -0.1) is 0 Å². The van der Waals surface area contributed by atoms with Crippen LogP contribution in [0.5, 0.6) is 0 Å². The molecular formula is C26H33ClN4O4S. The molecule has 194 valence electrons. The Morgan fingerprint density at radius 1 is 1.14 bits per heavy atom. The number of para-hydroxylation sites is 2. The molecule has 1 saturated heterocycles. The third-order valence-electron chi connectivity index (χ3n) is 7.07. The smallest absolute Gasteiger partial charge is 0.265 e. The van der Waals surface area contributed by atoms with Crippen molar-refractivity contribution < 1.29 is 18.0 Å². The molecule has 1 fully saturated rings. The zero-order chi connectivity index (χ0) is 26.0. The molecule has 0 spiro atoms. The summed E-state index contributed by atoms with van der Waals surface area (Å²) in [5.74, 6) is -0.336. The summed E-state index contributed by atoms with van der Waals surface area (Å²) in [6, 6.07) is 8.60. The average Bonchev–Trinajstić information content (AvgIpc) is 2.83. The Kier molecular flexibility index (Phi) is 7.92. The molecule has 2 N–H and O–H groups in total. The van der Waals surface area contributed by atoms with Crippen molar-refractivity contribution in [1.29, 1.82) is 0 Å². The quantitative estimate of drug-likeness (QED) is 0.566. The Balaban J connectivity index is 1.58. The number of halogens is 1. The van der Waals surface area contributed by atoms with Gasteiger partial charge in [-0.1, -0.05) is 23.7 Å². The van der Waals surface area contributed by atoms with Gasteiger partial charge in [0.2, 0.25) is 11.8 Å². The number of sulfonamides is 1. The summed E-state index contributed by atoms with van der Waals surface area (Å²) in [5.41, 5.74) is 1.79. The van der Waals surface area contributed by atoms with Crippen molar-refractivity contribution in [3.8, 4) is 0 Å². The maximum Gasteiger partial charge on any atom is 0.265 e. The van der Waals surface area contributed by atoms with Gasteiger partial charge in [0.25, 0.3) is 10.0 Å². The zero-order valence-corrected chi connectivity index (χ0v) is 22.5. The van der Waals surface area contributed by atoms with E-state index < -0.39 is 22.0 Å². The van der Waals surface area contributed by atoms with Crippen LogP contribution in [0.15, 0.2) is 41.3 Å². The predicted octanol–water partition coefficient (Wildman–Crippen LogP) is 3.71. The number of carbonyl (C=O) groups is 2. The second-order valence-electron chi connectivity index (χ2n) is 9.78. The van der Waals surface area contributed by atoms with Gasteiger partial charge in [-0.3, -0.25) is 13.9 Å². The fourth-order valence-electron chi connectivity index (χ4n) is 4.89. The van der Waals surface area contributed by atoms with Gasteiger partial charge >= 0.3 is 0 Å². The van der Waals surface area contributed by atoms with Crippen LogP contribution in [0.2, 0.25) is 5.02 Å². The maximum absolute atomic E-state index is 14.0. The van der Waals surface area contributed by atoms with Gasteiger partial charge < -0.3 is 15.5 Å². The summed E-state index contributed by atoms with van der Waals surface area (Å²) in [6.07, 6.45) is 2.78. The van der Waals surface area contributed by atoms with Crippen molar-refractivity contribution >= 4 is 44.8 Å². The highest BCUT2D eigenvalue weighted by Gasteiger charge is 2.42. The number of nitrogens with one attached hydrogen (secondary N) is 2. The van der Waals surface area contributed by atoms with E-state index in [1.54, 1.807) is 44.2 Å². The maximum atomic E-state index is 14.0. The fraction of sp³-hybridized carbons (Fsp3) is 0.462. The van der Waals surface area contributed by atoms with Crippen LogP contribution in [0.3, 0.4) is 0 Å². The van der Waals surface area contributed by atoms with Crippen molar-refractivity contribution in [2.45, 2.75) is 50.5 Å². The van der Waals surface area contributed by atoms with Crippen LogP contribution in [0.25, 0.3) is 0 Å². The van der Waals surface area contributed by atoms with Crippen molar-refractivity contribution in [3.05, 3.63) is 52.5 Å². The summed E-state index contributed by atoms with van der Waals surface area (Å²) < 4.78 is 29.1. The van der Waals surface area contributed by atoms with Crippen LogP contribution in [-0.2, 0) is 19.6 Å². The second-order valence-corrected chi connectivity index (χ2v) is 12.0. The molecule has 0 bridgehead atoms. The number of anilines is 2. The van der Waals surface area contributed by atoms with Crippen LogP contribution in [0.4, 0.5) is 11.4 Å². The molecule has 0 radical (unpaired) electrons. The molecule has 36 heavy (non-hydrogen) atoms. The van der Waals surface area contributed by atoms with Crippen LogP contribution in [-0.4, -0.2) is 57.9 Å². The summed E-state index contributed by atoms with van der Waals surface area (Å²) in [7, 11) is -2.08. The van der Waals surface area contributed by atoms with Crippen LogP contribution in [0.1, 0.15) is 36.8 Å². The topological polar surface area (TPSA) is 98.8 Å². The molecular weight excluding hydrogens is 500 g/mol. The lowest BCUT2D eigenvalue weighted by molar-refractivity contribution is -0.125. The van der Waals surface area contributed by atoms with Crippen molar-refractivity contribution in [2.75, 3.05) is 36.3 Å². The number of aryl methyl sites for hydroxylation is 2. The Bertz CT molecular complexity index is 1260. The monoisotopic (exact) mass is 532 g/mol. The van der Waals surface area contributed by atoms with Crippen molar-refractivity contribution in [1.82, 2.24) is 10.2 Å². The number of fused-ring (bicyclic) bond motifs is 1. The van der Waals surface area contributed by atoms with E-state index in [1.165, 1.54) is 6.07 Å². The molecule has 2 aliphatic heterocycles. The molecule has 2 amide bonds. The largest absolute Gasteiger partial charge is 0.356 e. The highest BCUT2D eigenvalue weighted by Crippen LogP contribution is 2.38. The number of amides is 2. The van der Waals surface area contributed by atoms with Gasteiger partial charge in [0.05, 0.1) is 22.7 Å². The van der Waals surface area contributed by atoms with E-state index in [9.17, 15) is 18.0 Å². The number of rotatable bonds is 7. The summed E-state index contributed by atoms with van der Waals surface area (Å²) in [6.45, 7) is 6.00. The number of hydrogen-bond acceptors (Lipinski definition) is 5.